The molecule has 1 saturated heterocycles. The highest BCUT2D eigenvalue weighted by Gasteiger charge is 2.28. The van der Waals surface area contributed by atoms with Crippen molar-refractivity contribution in [3.05, 3.63) is 29.8 Å². The smallest absolute Gasteiger partial charge is 0.191 e. The lowest BCUT2D eigenvalue weighted by molar-refractivity contribution is -0.00834. The fraction of sp³-hybridized carbons (Fsp3) is 0.632. The highest BCUT2D eigenvalue weighted by Crippen LogP contribution is 2.15. The van der Waals surface area contributed by atoms with Gasteiger partial charge in [-0.05, 0) is 38.5 Å². The molecule has 0 aliphatic carbocycles. The molecular weight excluding hydrogens is 316 g/mol. The summed E-state index contributed by atoms with van der Waals surface area (Å²) in [6.45, 7) is 12.5. The van der Waals surface area contributed by atoms with Crippen LogP contribution in [0, 0.1) is 0 Å². The van der Waals surface area contributed by atoms with Crippen LogP contribution in [-0.4, -0.2) is 62.9 Å². The van der Waals surface area contributed by atoms with Gasteiger partial charge in [0, 0.05) is 31.7 Å². The van der Waals surface area contributed by atoms with Gasteiger partial charge >= 0.3 is 0 Å². The van der Waals surface area contributed by atoms with E-state index in [1.807, 2.05) is 24.3 Å². The van der Waals surface area contributed by atoms with Crippen molar-refractivity contribution in [1.29, 1.82) is 0 Å². The van der Waals surface area contributed by atoms with Crippen LogP contribution in [0.1, 0.15) is 26.3 Å². The molecule has 6 nitrogen and oxygen atoms in total. The van der Waals surface area contributed by atoms with Crippen LogP contribution in [0.3, 0.4) is 0 Å². The summed E-state index contributed by atoms with van der Waals surface area (Å²) in [7, 11) is 1.68. The van der Waals surface area contributed by atoms with Crippen molar-refractivity contribution in [2.24, 2.45) is 4.99 Å². The van der Waals surface area contributed by atoms with Gasteiger partial charge < -0.3 is 20.1 Å². The number of morpholine rings is 1. The van der Waals surface area contributed by atoms with Gasteiger partial charge in [-0.1, -0.05) is 12.1 Å². The number of nitrogens with zero attached hydrogens (tertiary/aromatic N) is 2. The highest BCUT2D eigenvalue weighted by atomic mass is 16.5. The van der Waals surface area contributed by atoms with E-state index in [1.54, 1.807) is 7.11 Å². The van der Waals surface area contributed by atoms with E-state index in [2.05, 4.69) is 36.3 Å². The molecule has 1 aliphatic rings. The van der Waals surface area contributed by atoms with Gasteiger partial charge in [0.05, 0.1) is 26.9 Å². The summed E-state index contributed by atoms with van der Waals surface area (Å²) in [6, 6.07) is 8.02. The summed E-state index contributed by atoms with van der Waals surface area (Å²) < 4.78 is 10.6. The lowest BCUT2D eigenvalue weighted by Crippen LogP contribution is -2.56. The Balaban J connectivity index is 1.91. The third-order valence-corrected chi connectivity index (χ3v) is 4.48. The topological polar surface area (TPSA) is 58.1 Å². The monoisotopic (exact) mass is 348 g/mol. The Kier molecular flexibility index (Phi) is 7.52. The molecule has 0 spiro atoms. The van der Waals surface area contributed by atoms with Crippen molar-refractivity contribution in [2.45, 2.75) is 32.9 Å². The fourth-order valence-electron chi connectivity index (χ4n) is 2.82. The van der Waals surface area contributed by atoms with E-state index < -0.39 is 0 Å². The minimum absolute atomic E-state index is 0.0556. The van der Waals surface area contributed by atoms with E-state index in [4.69, 9.17) is 14.5 Å². The second kappa shape index (κ2) is 9.63. The first kappa shape index (κ1) is 19.5. The zero-order valence-electron chi connectivity index (χ0n) is 16.0. The van der Waals surface area contributed by atoms with E-state index in [1.165, 1.54) is 0 Å². The minimum Gasteiger partial charge on any atom is -0.497 e. The van der Waals surface area contributed by atoms with Crippen molar-refractivity contribution in [3.63, 3.8) is 0 Å². The van der Waals surface area contributed by atoms with Crippen LogP contribution < -0.4 is 15.4 Å². The number of guanidine groups is 1. The molecule has 0 amide bonds. The van der Waals surface area contributed by atoms with Crippen LogP contribution in [0.25, 0.3) is 0 Å². The van der Waals surface area contributed by atoms with Crippen molar-refractivity contribution in [3.8, 4) is 5.75 Å². The molecule has 25 heavy (non-hydrogen) atoms. The molecule has 1 heterocycles. The molecule has 0 saturated carbocycles. The summed E-state index contributed by atoms with van der Waals surface area (Å²) >= 11 is 0. The molecule has 1 aliphatic heterocycles. The molecule has 0 aromatic heterocycles. The normalized spacial score (nSPS) is 16.6. The van der Waals surface area contributed by atoms with E-state index >= 15 is 0 Å². The maximum Gasteiger partial charge on any atom is 0.191 e. The highest BCUT2D eigenvalue weighted by molar-refractivity contribution is 5.79. The number of aliphatic imine (C=N–C) groups is 1. The largest absolute Gasteiger partial charge is 0.497 e. The molecule has 140 valence electrons. The first-order chi connectivity index (χ1) is 12.0. The van der Waals surface area contributed by atoms with Gasteiger partial charge in [0.25, 0.3) is 0 Å². The quantitative estimate of drug-likeness (QED) is 0.582. The summed E-state index contributed by atoms with van der Waals surface area (Å²) in [4.78, 5) is 7.17. The fourth-order valence-corrected chi connectivity index (χ4v) is 2.82. The Morgan fingerprint density at radius 2 is 1.88 bits per heavy atom. The average molecular weight is 348 g/mol. The molecule has 1 fully saturated rings. The van der Waals surface area contributed by atoms with E-state index in [0.29, 0.717) is 6.54 Å². The molecule has 2 N–H and O–H groups in total. The first-order valence-corrected chi connectivity index (χ1v) is 9.03. The van der Waals surface area contributed by atoms with Crippen molar-refractivity contribution >= 4 is 5.96 Å². The number of hydrogen-bond donors (Lipinski definition) is 2. The lowest BCUT2D eigenvalue weighted by atomic mass is 10.0. The zero-order valence-corrected chi connectivity index (χ0v) is 16.0. The summed E-state index contributed by atoms with van der Waals surface area (Å²) in [5.41, 5.74) is 1.21. The second-order valence-electron chi connectivity index (χ2n) is 6.81. The number of nitrogens with one attached hydrogen (secondary N) is 2. The molecule has 0 unspecified atom stereocenters. The van der Waals surface area contributed by atoms with E-state index in [-0.39, 0.29) is 5.54 Å². The van der Waals surface area contributed by atoms with Crippen LogP contribution in [0.4, 0.5) is 0 Å². The molecule has 0 radical (unpaired) electrons. The van der Waals surface area contributed by atoms with Gasteiger partial charge in [-0.3, -0.25) is 4.90 Å². The standard InChI is InChI=1S/C19H32N4O2/c1-5-20-18(21-14-16-6-8-17(24-4)9-7-16)22-15-19(2,3)23-10-12-25-13-11-23/h6-9H,5,10-15H2,1-4H3,(H2,20,21,22). The molecular formula is C19H32N4O2. The zero-order chi connectivity index (χ0) is 18.1. The minimum atomic E-state index is 0.0556. The Morgan fingerprint density at radius 3 is 2.48 bits per heavy atom. The third kappa shape index (κ3) is 6.21. The Hall–Kier alpha value is -1.79. The molecule has 1 aromatic rings. The van der Waals surface area contributed by atoms with Gasteiger partial charge in [-0.25, -0.2) is 4.99 Å². The van der Waals surface area contributed by atoms with Crippen molar-refractivity contribution in [1.82, 2.24) is 15.5 Å². The number of rotatable bonds is 7. The van der Waals surface area contributed by atoms with E-state index in [9.17, 15) is 0 Å². The molecule has 0 bridgehead atoms. The van der Waals surface area contributed by atoms with Crippen molar-refractivity contribution < 1.29 is 9.47 Å². The predicted octanol–water partition coefficient (Wildman–Crippen LogP) is 1.86. The van der Waals surface area contributed by atoms with Crippen LogP contribution in [-0.2, 0) is 11.3 Å². The van der Waals surface area contributed by atoms with Gasteiger partial charge in [0.2, 0.25) is 0 Å². The maximum absolute atomic E-state index is 5.46. The molecule has 1 aromatic carbocycles. The van der Waals surface area contributed by atoms with Crippen LogP contribution in [0.15, 0.2) is 29.3 Å². The first-order valence-electron chi connectivity index (χ1n) is 9.03. The molecule has 6 heteroatoms. The predicted molar refractivity (Wildman–Crippen MR) is 102 cm³/mol. The summed E-state index contributed by atoms with van der Waals surface area (Å²) in [6.07, 6.45) is 0. The summed E-state index contributed by atoms with van der Waals surface area (Å²) in [5, 5.41) is 6.80. The Labute approximate surface area is 151 Å². The average Bonchev–Trinajstić information content (AvgIpc) is 2.65. The molecule has 0 atom stereocenters. The Bertz CT molecular complexity index is 537. The van der Waals surface area contributed by atoms with Crippen molar-refractivity contribution in [2.75, 3.05) is 46.5 Å². The van der Waals surface area contributed by atoms with Crippen LogP contribution >= 0.6 is 0 Å². The SMILES string of the molecule is CCNC(=NCc1ccc(OC)cc1)NCC(C)(C)N1CCOCC1. The summed E-state index contributed by atoms with van der Waals surface area (Å²) in [5.74, 6) is 1.71. The Morgan fingerprint density at radius 1 is 1.20 bits per heavy atom. The van der Waals surface area contributed by atoms with Gasteiger partial charge in [0.15, 0.2) is 5.96 Å². The van der Waals surface area contributed by atoms with Gasteiger partial charge in [0.1, 0.15) is 5.75 Å². The van der Waals surface area contributed by atoms with Gasteiger partial charge in [-0.15, -0.1) is 0 Å². The second-order valence-corrected chi connectivity index (χ2v) is 6.81. The van der Waals surface area contributed by atoms with Gasteiger partial charge in [-0.2, -0.15) is 0 Å². The number of ether oxygens (including phenoxy) is 2. The maximum atomic E-state index is 5.46. The number of methoxy groups -OCH3 is 1. The molecule has 2 rings (SSSR count). The third-order valence-electron chi connectivity index (χ3n) is 4.48. The lowest BCUT2D eigenvalue weighted by Gasteiger charge is -2.41. The van der Waals surface area contributed by atoms with Crippen LogP contribution in [0.2, 0.25) is 0 Å². The number of hydrogen-bond acceptors (Lipinski definition) is 4. The number of benzene rings is 1. The van der Waals surface area contributed by atoms with E-state index in [0.717, 1.165) is 56.7 Å². The van der Waals surface area contributed by atoms with Crippen LogP contribution in [0.5, 0.6) is 5.75 Å².